The summed E-state index contributed by atoms with van der Waals surface area (Å²) in [7, 11) is 0. The fourth-order valence-electron chi connectivity index (χ4n) is 1.74. The summed E-state index contributed by atoms with van der Waals surface area (Å²) in [5.41, 5.74) is -0.689. The number of nitro benzene ring substituents is 1. The van der Waals surface area contributed by atoms with Crippen molar-refractivity contribution in [3.8, 4) is 0 Å². The molecule has 0 aliphatic heterocycles. The van der Waals surface area contributed by atoms with Crippen molar-refractivity contribution in [2.24, 2.45) is 0 Å². The Morgan fingerprint density at radius 3 is 2.61 bits per heavy atom. The van der Waals surface area contributed by atoms with Gasteiger partial charge in [0.2, 0.25) is 11.7 Å². The van der Waals surface area contributed by atoms with Crippen LogP contribution < -0.4 is 5.32 Å². The summed E-state index contributed by atoms with van der Waals surface area (Å²) >= 11 is 5.81. The molecule has 0 heterocycles. The van der Waals surface area contributed by atoms with E-state index in [4.69, 9.17) is 11.6 Å². The van der Waals surface area contributed by atoms with E-state index in [1.807, 2.05) is 0 Å². The van der Waals surface area contributed by atoms with Gasteiger partial charge in [0.15, 0.2) is 0 Å². The molecule has 2 aromatic carbocycles. The third kappa shape index (κ3) is 4.10. The van der Waals surface area contributed by atoms with Crippen LogP contribution in [0.2, 0.25) is 5.02 Å². The van der Waals surface area contributed by atoms with E-state index in [0.717, 1.165) is 18.2 Å². The third-order valence-electron chi connectivity index (χ3n) is 2.81. The lowest BCUT2D eigenvalue weighted by atomic mass is 10.2. The maximum atomic E-state index is 13.5. The van der Waals surface area contributed by atoms with Gasteiger partial charge in [0, 0.05) is 23.4 Å². The molecular formula is C15H9ClF2N2O3. The molecule has 0 aliphatic carbocycles. The van der Waals surface area contributed by atoms with Crippen molar-refractivity contribution < 1.29 is 18.5 Å². The fourth-order valence-corrected chi connectivity index (χ4v) is 1.97. The maximum Gasteiger partial charge on any atom is 0.306 e. The van der Waals surface area contributed by atoms with E-state index < -0.39 is 28.2 Å². The zero-order valence-corrected chi connectivity index (χ0v) is 12.2. The lowest BCUT2D eigenvalue weighted by Crippen LogP contribution is -2.08. The molecule has 2 rings (SSSR count). The first-order chi connectivity index (χ1) is 10.9. The molecule has 0 aliphatic rings. The Bertz CT molecular complexity index is 789. The summed E-state index contributed by atoms with van der Waals surface area (Å²) in [5, 5.41) is 13.1. The van der Waals surface area contributed by atoms with E-state index in [-0.39, 0.29) is 16.3 Å². The molecule has 0 atom stereocenters. The van der Waals surface area contributed by atoms with Crippen LogP contribution in [0, 0.1) is 21.7 Å². The number of carbonyl (C=O) groups is 1. The number of nitrogens with zero attached hydrogens (tertiary/aromatic N) is 1. The van der Waals surface area contributed by atoms with Crippen LogP contribution in [0.15, 0.2) is 42.5 Å². The number of halogens is 3. The molecule has 0 bridgehead atoms. The first kappa shape index (κ1) is 16.6. The molecule has 0 saturated heterocycles. The Morgan fingerprint density at radius 2 is 1.96 bits per heavy atom. The molecule has 1 amide bonds. The molecule has 1 N–H and O–H groups in total. The minimum Gasteiger partial charge on any atom is -0.322 e. The highest BCUT2D eigenvalue weighted by Crippen LogP contribution is 2.22. The molecule has 118 valence electrons. The standard InChI is InChI=1S/C15H9ClF2N2O3/c16-11-2-1-3-12(17)10(11)5-7-15(21)19-9-4-6-13(18)14(8-9)20(22)23/h1-8H,(H,19,21)/b7-5+. The highest BCUT2D eigenvalue weighted by Gasteiger charge is 2.14. The smallest absolute Gasteiger partial charge is 0.306 e. The van der Waals surface area contributed by atoms with Crippen LogP contribution in [-0.4, -0.2) is 10.8 Å². The quantitative estimate of drug-likeness (QED) is 0.516. The van der Waals surface area contributed by atoms with Crippen LogP contribution in [0.4, 0.5) is 20.2 Å². The van der Waals surface area contributed by atoms with Crippen molar-refractivity contribution >= 4 is 35.0 Å². The Morgan fingerprint density at radius 1 is 1.22 bits per heavy atom. The van der Waals surface area contributed by atoms with Crippen molar-refractivity contribution in [2.45, 2.75) is 0 Å². The van der Waals surface area contributed by atoms with Gasteiger partial charge in [-0.25, -0.2) is 4.39 Å². The molecule has 0 saturated carbocycles. The fraction of sp³-hybridized carbons (Fsp3) is 0. The predicted molar refractivity (Wildman–Crippen MR) is 82.1 cm³/mol. The van der Waals surface area contributed by atoms with Crippen molar-refractivity contribution in [1.29, 1.82) is 0 Å². The number of hydrogen-bond acceptors (Lipinski definition) is 3. The van der Waals surface area contributed by atoms with Crippen LogP contribution in [0.25, 0.3) is 6.08 Å². The molecule has 0 unspecified atom stereocenters. The van der Waals surface area contributed by atoms with Crippen LogP contribution in [-0.2, 0) is 4.79 Å². The topological polar surface area (TPSA) is 72.2 Å². The third-order valence-corrected chi connectivity index (χ3v) is 3.14. The number of nitro groups is 1. The van der Waals surface area contributed by atoms with Crippen molar-refractivity contribution in [1.82, 2.24) is 0 Å². The minimum absolute atomic E-state index is 0.0346. The van der Waals surface area contributed by atoms with Gasteiger partial charge in [0.05, 0.1) is 9.95 Å². The lowest BCUT2D eigenvalue weighted by molar-refractivity contribution is -0.387. The summed E-state index contributed by atoms with van der Waals surface area (Å²) < 4.78 is 26.7. The maximum absolute atomic E-state index is 13.5. The predicted octanol–water partition coefficient (Wildman–Crippen LogP) is 4.18. The first-order valence-corrected chi connectivity index (χ1v) is 6.63. The van der Waals surface area contributed by atoms with E-state index in [0.29, 0.717) is 0 Å². The van der Waals surface area contributed by atoms with Crippen molar-refractivity contribution in [2.75, 3.05) is 5.32 Å². The van der Waals surface area contributed by atoms with Gasteiger partial charge in [-0.05, 0) is 30.3 Å². The Kier molecular flexibility index (Phi) is 5.02. The number of hydrogen-bond donors (Lipinski definition) is 1. The van der Waals surface area contributed by atoms with Gasteiger partial charge in [-0.2, -0.15) is 4.39 Å². The highest BCUT2D eigenvalue weighted by atomic mass is 35.5. The highest BCUT2D eigenvalue weighted by molar-refractivity contribution is 6.32. The van der Waals surface area contributed by atoms with Gasteiger partial charge in [-0.3, -0.25) is 14.9 Å². The summed E-state index contributed by atoms with van der Waals surface area (Å²) in [6, 6.07) is 7.00. The molecule has 2 aromatic rings. The zero-order valence-electron chi connectivity index (χ0n) is 11.4. The largest absolute Gasteiger partial charge is 0.322 e. The average molecular weight is 339 g/mol. The summed E-state index contributed by atoms with van der Waals surface area (Å²) in [6.45, 7) is 0. The first-order valence-electron chi connectivity index (χ1n) is 6.25. The van der Waals surface area contributed by atoms with E-state index in [2.05, 4.69) is 5.32 Å². The minimum atomic E-state index is -1.01. The number of rotatable bonds is 4. The molecular weight excluding hydrogens is 330 g/mol. The number of nitrogens with one attached hydrogen (secondary N) is 1. The number of amides is 1. The lowest BCUT2D eigenvalue weighted by Gasteiger charge is -2.03. The zero-order chi connectivity index (χ0) is 17.0. The molecule has 0 fully saturated rings. The Balaban J connectivity index is 2.15. The molecule has 5 nitrogen and oxygen atoms in total. The van der Waals surface area contributed by atoms with Crippen LogP contribution in [0.1, 0.15) is 5.56 Å². The van der Waals surface area contributed by atoms with Crippen molar-refractivity contribution in [3.05, 3.63) is 74.8 Å². The van der Waals surface area contributed by atoms with E-state index >= 15 is 0 Å². The molecule has 0 aromatic heterocycles. The van der Waals surface area contributed by atoms with Crippen molar-refractivity contribution in [3.63, 3.8) is 0 Å². The SMILES string of the molecule is O=C(/C=C/c1c(F)cccc1Cl)Nc1ccc(F)c([N+](=O)[O-])c1. The summed E-state index contributed by atoms with van der Waals surface area (Å²) in [4.78, 5) is 21.5. The monoisotopic (exact) mass is 338 g/mol. The van der Waals surface area contributed by atoms with Gasteiger partial charge in [-0.1, -0.05) is 17.7 Å². The van der Waals surface area contributed by atoms with Gasteiger partial charge < -0.3 is 5.32 Å². The van der Waals surface area contributed by atoms with Gasteiger partial charge >= 0.3 is 5.69 Å². The molecule has 8 heteroatoms. The number of benzene rings is 2. The summed E-state index contributed by atoms with van der Waals surface area (Å²) in [6.07, 6.45) is 2.18. The average Bonchev–Trinajstić information content (AvgIpc) is 2.48. The second-order valence-electron chi connectivity index (χ2n) is 4.38. The van der Waals surface area contributed by atoms with Crippen LogP contribution in [0.5, 0.6) is 0 Å². The molecule has 0 spiro atoms. The van der Waals surface area contributed by atoms with Crippen LogP contribution in [0.3, 0.4) is 0 Å². The Labute approximate surface area is 134 Å². The van der Waals surface area contributed by atoms with Gasteiger partial charge in [0.25, 0.3) is 0 Å². The normalized spacial score (nSPS) is 10.7. The van der Waals surface area contributed by atoms with Gasteiger partial charge in [0.1, 0.15) is 5.82 Å². The van der Waals surface area contributed by atoms with Crippen LogP contribution >= 0.6 is 11.6 Å². The number of carbonyl (C=O) groups excluding carboxylic acids is 1. The summed E-state index contributed by atoms with van der Waals surface area (Å²) in [5.74, 6) is -2.29. The molecule has 23 heavy (non-hydrogen) atoms. The second-order valence-corrected chi connectivity index (χ2v) is 4.79. The van der Waals surface area contributed by atoms with Gasteiger partial charge in [-0.15, -0.1) is 0 Å². The second kappa shape index (κ2) is 6.97. The number of anilines is 1. The van der Waals surface area contributed by atoms with E-state index in [1.165, 1.54) is 30.3 Å². The molecule has 0 radical (unpaired) electrons. The van der Waals surface area contributed by atoms with E-state index in [9.17, 15) is 23.7 Å². The Hall–Kier alpha value is -2.80. The van der Waals surface area contributed by atoms with E-state index in [1.54, 1.807) is 0 Å².